The molecule has 2 heterocycles. The summed E-state index contributed by atoms with van der Waals surface area (Å²) in [6, 6.07) is 10.1. The molecule has 3 rings (SSSR count). The van der Waals surface area contributed by atoms with Gasteiger partial charge in [-0.3, -0.25) is 4.79 Å². The van der Waals surface area contributed by atoms with Gasteiger partial charge in [-0.2, -0.15) is 0 Å². The Morgan fingerprint density at radius 3 is 2.76 bits per heavy atom. The lowest BCUT2D eigenvalue weighted by Gasteiger charge is -1.90. The summed E-state index contributed by atoms with van der Waals surface area (Å²) in [6.45, 7) is 0. The van der Waals surface area contributed by atoms with Gasteiger partial charge < -0.3 is 8.83 Å². The molecule has 0 aliphatic carbocycles. The Bertz CT molecular complexity index is 680. The van der Waals surface area contributed by atoms with Gasteiger partial charge in [0, 0.05) is 10.4 Å². The summed E-state index contributed by atoms with van der Waals surface area (Å²) in [5.74, 6) is 0.231. The van der Waals surface area contributed by atoms with Crippen molar-refractivity contribution in [2.45, 2.75) is 0 Å². The van der Waals surface area contributed by atoms with Gasteiger partial charge in [-0.25, -0.2) is 0 Å². The van der Waals surface area contributed by atoms with Crippen LogP contribution in [-0.2, 0) is 0 Å². The van der Waals surface area contributed by atoms with E-state index >= 15 is 0 Å². The van der Waals surface area contributed by atoms with E-state index in [9.17, 15) is 4.79 Å². The second-order valence-corrected chi connectivity index (χ2v) is 4.04. The first-order valence-electron chi connectivity index (χ1n) is 5.01. The number of carbonyl (C=O) groups is 1. The van der Waals surface area contributed by atoms with Gasteiger partial charge in [-0.05, 0) is 36.4 Å². The van der Waals surface area contributed by atoms with E-state index in [4.69, 9.17) is 20.4 Å². The summed E-state index contributed by atoms with van der Waals surface area (Å²) in [5, 5.41) is 1.41. The molecule has 0 unspecified atom stereocenters. The van der Waals surface area contributed by atoms with Crippen molar-refractivity contribution in [1.82, 2.24) is 0 Å². The third-order valence-electron chi connectivity index (χ3n) is 2.45. The second-order valence-electron chi connectivity index (χ2n) is 3.60. The zero-order chi connectivity index (χ0) is 11.8. The maximum Gasteiger partial charge on any atom is 0.263 e. The fourth-order valence-corrected chi connectivity index (χ4v) is 1.84. The Labute approximate surface area is 102 Å². The van der Waals surface area contributed by atoms with Gasteiger partial charge in [0.25, 0.3) is 5.78 Å². The van der Waals surface area contributed by atoms with Crippen LogP contribution in [-0.4, -0.2) is 5.78 Å². The molecule has 0 aliphatic heterocycles. The van der Waals surface area contributed by atoms with Crippen molar-refractivity contribution in [3.05, 3.63) is 59.2 Å². The highest BCUT2D eigenvalue weighted by molar-refractivity contribution is 6.31. The third-order valence-corrected chi connectivity index (χ3v) is 2.68. The lowest BCUT2D eigenvalue weighted by molar-refractivity contribution is 0.0985. The minimum Gasteiger partial charge on any atom is -0.461 e. The number of ketones is 1. The zero-order valence-corrected chi connectivity index (χ0v) is 9.40. The van der Waals surface area contributed by atoms with Crippen LogP contribution in [0.5, 0.6) is 0 Å². The van der Waals surface area contributed by atoms with E-state index in [0.717, 1.165) is 5.39 Å². The van der Waals surface area contributed by atoms with E-state index in [1.165, 1.54) is 6.26 Å². The zero-order valence-electron chi connectivity index (χ0n) is 8.64. The molecule has 2 aromatic heterocycles. The van der Waals surface area contributed by atoms with Crippen molar-refractivity contribution in [2.24, 2.45) is 0 Å². The second kappa shape index (κ2) is 3.79. The van der Waals surface area contributed by atoms with E-state index in [2.05, 4.69) is 0 Å². The van der Waals surface area contributed by atoms with Crippen molar-refractivity contribution in [3.63, 3.8) is 0 Å². The number of rotatable bonds is 2. The van der Waals surface area contributed by atoms with Gasteiger partial charge in [0.05, 0.1) is 6.26 Å². The van der Waals surface area contributed by atoms with E-state index in [1.54, 1.807) is 36.4 Å². The molecule has 0 spiro atoms. The first-order chi connectivity index (χ1) is 8.24. The highest BCUT2D eigenvalue weighted by Crippen LogP contribution is 2.24. The first kappa shape index (κ1) is 10.2. The van der Waals surface area contributed by atoms with Crippen molar-refractivity contribution in [1.29, 1.82) is 0 Å². The fraction of sp³-hybridized carbons (Fsp3) is 0. The van der Waals surface area contributed by atoms with E-state index in [-0.39, 0.29) is 17.3 Å². The Kier molecular flexibility index (Phi) is 2.27. The molecule has 0 fully saturated rings. The number of benzene rings is 1. The number of hydrogen-bond acceptors (Lipinski definition) is 3. The maximum absolute atomic E-state index is 11.9. The van der Waals surface area contributed by atoms with Crippen LogP contribution in [0.4, 0.5) is 0 Å². The van der Waals surface area contributed by atoms with Crippen LogP contribution in [0, 0.1) is 0 Å². The number of halogens is 1. The van der Waals surface area contributed by atoms with Crippen molar-refractivity contribution < 1.29 is 13.6 Å². The van der Waals surface area contributed by atoms with Gasteiger partial charge in [0.2, 0.25) is 0 Å². The Morgan fingerprint density at radius 1 is 1.12 bits per heavy atom. The largest absolute Gasteiger partial charge is 0.461 e. The average Bonchev–Trinajstić information content (AvgIpc) is 2.96. The monoisotopic (exact) mass is 246 g/mol. The van der Waals surface area contributed by atoms with Gasteiger partial charge >= 0.3 is 0 Å². The number of fused-ring (bicyclic) bond motifs is 1. The van der Waals surface area contributed by atoms with Crippen LogP contribution in [0.1, 0.15) is 16.3 Å². The highest BCUT2D eigenvalue weighted by atomic mass is 35.5. The normalized spacial score (nSPS) is 10.9. The summed E-state index contributed by atoms with van der Waals surface area (Å²) < 4.78 is 10.5. The quantitative estimate of drug-likeness (QED) is 0.644. The third kappa shape index (κ3) is 1.74. The summed E-state index contributed by atoms with van der Waals surface area (Å²) in [4.78, 5) is 11.9. The topological polar surface area (TPSA) is 43.4 Å². The minimum absolute atomic E-state index is 0.247. The molecule has 0 radical (unpaired) electrons. The fourth-order valence-electron chi connectivity index (χ4n) is 1.66. The first-order valence-corrected chi connectivity index (χ1v) is 5.39. The molecular formula is C13H7ClO3. The molecule has 0 saturated carbocycles. The predicted molar refractivity (Wildman–Crippen MR) is 63.4 cm³/mol. The molecule has 0 aliphatic rings. The Morgan fingerprint density at radius 2 is 2.00 bits per heavy atom. The van der Waals surface area contributed by atoms with Crippen LogP contribution in [0.2, 0.25) is 5.02 Å². The molecule has 84 valence electrons. The number of carbonyl (C=O) groups excluding carboxylic acids is 1. The van der Waals surface area contributed by atoms with E-state index < -0.39 is 0 Å². The molecule has 0 amide bonds. The Balaban J connectivity index is 2.09. The molecule has 17 heavy (non-hydrogen) atoms. The van der Waals surface area contributed by atoms with E-state index in [1.807, 2.05) is 0 Å². The lowest BCUT2D eigenvalue weighted by atomic mass is 10.2. The lowest BCUT2D eigenvalue weighted by Crippen LogP contribution is -1.96. The highest BCUT2D eigenvalue weighted by Gasteiger charge is 2.16. The average molecular weight is 247 g/mol. The molecule has 0 bridgehead atoms. The molecule has 3 aromatic rings. The summed E-state index contributed by atoms with van der Waals surface area (Å²) in [7, 11) is 0. The summed E-state index contributed by atoms with van der Waals surface area (Å²) in [5.41, 5.74) is 0.629. The van der Waals surface area contributed by atoms with Crippen LogP contribution in [0.15, 0.2) is 51.5 Å². The predicted octanol–water partition coefficient (Wildman–Crippen LogP) is 3.91. The molecule has 3 nitrogen and oxygen atoms in total. The van der Waals surface area contributed by atoms with Gasteiger partial charge in [0.1, 0.15) is 5.58 Å². The number of hydrogen-bond donors (Lipinski definition) is 0. The molecule has 4 heteroatoms. The van der Waals surface area contributed by atoms with Crippen molar-refractivity contribution in [3.8, 4) is 0 Å². The summed E-state index contributed by atoms with van der Waals surface area (Å²) >= 11 is 5.86. The van der Waals surface area contributed by atoms with Gasteiger partial charge in [-0.15, -0.1) is 0 Å². The molecule has 0 atom stereocenters. The molecule has 0 saturated heterocycles. The minimum atomic E-state index is -0.276. The van der Waals surface area contributed by atoms with E-state index in [0.29, 0.717) is 10.6 Å². The SMILES string of the molecule is O=C(c1ccco1)c1cc2cc(Cl)ccc2o1. The number of furan rings is 2. The standard InChI is InChI=1S/C13H7ClO3/c14-9-3-4-10-8(6-9)7-12(17-10)13(15)11-2-1-5-16-11/h1-7H. The molecule has 1 aromatic carbocycles. The van der Waals surface area contributed by atoms with Crippen LogP contribution < -0.4 is 0 Å². The van der Waals surface area contributed by atoms with Gasteiger partial charge in [0.15, 0.2) is 11.5 Å². The van der Waals surface area contributed by atoms with Crippen molar-refractivity contribution in [2.75, 3.05) is 0 Å². The van der Waals surface area contributed by atoms with Crippen LogP contribution in [0.25, 0.3) is 11.0 Å². The van der Waals surface area contributed by atoms with Crippen LogP contribution >= 0.6 is 11.6 Å². The summed E-state index contributed by atoms with van der Waals surface area (Å²) in [6.07, 6.45) is 1.45. The van der Waals surface area contributed by atoms with Crippen LogP contribution in [0.3, 0.4) is 0 Å². The maximum atomic E-state index is 11.9. The molecular weight excluding hydrogens is 240 g/mol. The smallest absolute Gasteiger partial charge is 0.263 e. The van der Waals surface area contributed by atoms with Crippen molar-refractivity contribution >= 4 is 28.4 Å². The Hall–Kier alpha value is -2.00. The molecule has 0 N–H and O–H groups in total. The van der Waals surface area contributed by atoms with Gasteiger partial charge in [-0.1, -0.05) is 11.6 Å².